The number of hydrogen-bond acceptors (Lipinski definition) is 8. The van der Waals surface area contributed by atoms with Crippen LogP contribution in [0.15, 0.2) is 55.0 Å². The molecule has 2 aliphatic rings. The first-order chi connectivity index (χ1) is 19.2. The maximum absolute atomic E-state index is 13.5. The van der Waals surface area contributed by atoms with Gasteiger partial charge in [-0.1, -0.05) is 12.1 Å². The largest absolute Gasteiger partial charge is 0.367 e. The van der Waals surface area contributed by atoms with Crippen LogP contribution in [0.5, 0.6) is 0 Å². The highest BCUT2D eigenvalue weighted by atomic mass is 32.1. The molecule has 0 saturated carbocycles. The van der Waals surface area contributed by atoms with Gasteiger partial charge >= 0.3 is 0 Å². The second-order valence-corrected chi connectivity index (χ2v) is 11.2. The van der Waals surface area contributed by atoms with Crippen LogP contribution < -0.4 is 10.2 Å². The Balaban J connectivity index is 1.07. The molecule has 1 saturated heterocycles. The fourth-order valence-corrected chi connectivity index (χ4v) is 7.11. The van der Waals surface area contributed by atoms with Crippen molar-refractivity contribution in [3.05, 3.63) is 71.0 Å². The second kappa shape index (κ2) is 9.67. The minimum Gasteiger partial charge on any atom is -0.367 e. The van der Waals surface area contributed by atoms with Gasteiger partial charge in [0.1, 0.15) is 23.0 Å². The number of anilines is 3. The molecule has 5 aromatic rings. The van der Waals surface area contributed by atoms with Crippen LogP contribution >= 0.6 is 11.3 Å². The Labute approximate surface area is 229 Å². The van der Waals surface area contributed by atoms with Crippen LogP contribution in [0.2, 0.25) is 0 Å². The van der Waals surface area contributed by atoms with E-state index >= 15 is 0 Å². The van der Waals surface area contributed by atoms with E-state index < -0.39 is 0 Å². The van der Waals surface area contributed by atoms with E-state index in [-0.39, 0.29) is 11.8 Å². The lowest BCUT2D eigenvalue weighted by molar-refractivity contribution is -0.136. The summed E-state index contributed by atoms with van der Waals surface area (Å²) in [6.07, 6.45) is 5.82. The molecular formula is C29H26N8OS. The standard InChI is InChI=1S/C29H26N8OS/c30-15-19-3-1-2-4-24(19)36-9-11-37(12-10-36)29(38)18-5-7-22-25(14-18)39-28-26(22)27(31-17-32-28)34-21-6-8-23-20(13-21)16-33-35-23/h1-4,6,8,13,16-18H,5,7,9-12,14H2,(H,33,35)(H,31,32,34)/t18-/m0/s1. The number of piperazine rings is 1. The molecule has 0 bridgehead atoms. The van der Waals surface area contributed by atoms with Crippen molar-refractivity contribution < 1.29 is 4.79 Å². The van der Waals surface area contributed by atoms with E-state index in [1.165, 1.54) is 10.4 Å². The van der Waals surface area contributed by atoms with Crippen LogP contribution in [0, 0.1) is 17.2 Å². The molecule has 1 aliphatic carbocycles. The minimum atomic E-state index is -0.0172. The number of rotatable bonds is 4. The van der Waals surface area contributed by atoms with Gasteiger partial charge in [-0.25, -0.2) is 9.97 Å². The Hall–Kier alpha value is -4.49. The lowest BCUT2D eigenvalue weighted by Gasteiger charge is -2.38. The molecule has 7 rings (SSSR count). The Morgan fingerprint density at radius 3 is 2.87 bits per heavy atom. The van der Waals surface area contributed by atoms with Crippen molar-refractivity contribution in [1.82, 2.24) is 25.1 Å². The molecule has 39 heavy (non-hydrogen) atoms. The summed E-state index contributed by atoms with van der Waals surface area (Å²) in [5, 5.41) is 22.1. The van der Waals surface area contributed by atoms with Gasteiger partial charge in [-0.05, 0) is 55.2 Å². The number of H-pyrrole nitrogens is 1. The van der Waals surface area contributed by atoms with Gasteiger partial charge in [0.25, 0.3) is 0 Å². The number of fused-ring (bicyclic) bond motifs is 4. The highest BCUT2D eigenvalue weighted by Crippen LogP contribution is 2.41. The lowest BCUT2D eigenvalue weighted by Crippen LogP contribution is -2.51. The van der Waals surface area contributed by atoms with Gasteiger partial charge in [0.05, 0.1) is 28.4 Å². The van der Waals surface area contributed by atoms with E-state index in [1.54, 1.807) is 17.7 Å². The molecule has 0 radical (unpaired) electrons. The number of aromatic amines is 1. The summed E-state index contributed by atoms with van der Waals surface area (Å²) in [6.45, 7) is 2.82. The van der Waals surface area contributed by atoms with E-state index in [0.29, 0.717) is 18.7 Å². The first-order valence-electron chi connectivity index (χ1n) is 13.2. The molecule has 2 N–H and O–H groups in total. The normalized spacial score (nSPS) is 17.3. The average molecular weight is 535 g/mol. The smallest absolute Gasteiger partial charge is 0.226 e. The predicted molar refractivity (Wildman–Crippen MR) is 152 cm³/mol. The predicted octanol–water partition coefficient (Wildman–Crippen LogP) is 4.64. The third kappa shape index (κ3) is 4.25. The van der Waals surface area contributed by atoms with E-state index in [4.69, 9.17) is 0 Å². The first kappa shape index (κ1) is 23.6. The van der Waals surface area contributed by atoms with Crippen LogP contribution in [-0.4, -0.2) is 57.2 Å². The second-order valence-electron chi connectivity index (χ2n) is 10.1. The molecule has 1 amide bonds. The van der Waals surface area contributed by atoms with Gasteiger partial charge in [-0.15, -0.1) is 11.3 Å². The van der Waals surface area contributed by atoms with Crippen LogP contribution in [-0.2, 0) is 17.6 Å². The van der Waals surface area contributed by atoms with Crippen LogP contribution in [0.4, 0.5) is 17.2 Å². The Morgan fingerprint density at radius 2 is 2.00 bits per heavy atom. The number of nitrogens with one attached hydrogen (secondary N) is 2. The molecule has 9 nitrogen and oxygen atoms in total. The third-order valence-electron chi connectivity index (χ3n) is 7.85. The zero-order chi connectivity index (χ0) is 26.3. The summed E-state index contributed by atoms with van der Waals surface area (Å²) in [7, 11) is 0. The summed E-state index contributed by atoms with van der Waals surface area (Å²) in [5.41, 5.74) is 4.84. The Bertz CT molecular complexity index is 1740. The molecule has 0 unspecified atom stereocenters. The number of nitrogens with zero attached hydrogens (tertiary/aromatic N) is 6. The Morgan fingerprint density at radius 1 is 1.13 bits per heavy atom. The molecule has 10 heteroatoms. The van der Waals surface area contributed by atoms with Gasteiger partial charge in [-0.2, -0.15) is 10.4 Å². The van der Waals surface area contributed by atoms with Crippen LogP contribution in [0.3, 0.4) is 0 Å². The zero-order valence-corrected chi connectivity index (χ0v) is 22.0. The van der Waals surface area contributed by atoms with E-state index in [9.17, 15) is 10.1 Å². The number of nitriles is 1. The van der Waals surface area contributed by atoms with Crippen molar-refractivity contribution in [2.45, 2.75) is 19.3 Å². The molecule has 194 valence electrons. The molecular weight excluding hydrogens is 508 g/mol. The molecule has 4 heterocycles. The number of para-hydroxylation sites is 1. The number of aromatic nitrogens is 4. The topological polar surface area (TPSA) is 114 Å². The summed E-state index contributed by atoms with van der Waals surface area (Å²) < 4.78 is 0. The number of carbonyl (C=O) groups excluding carboxylic acids is 1. The van der Waals surface area contributed by atoms with Crippen molar-refractivity contribution >= 4 is 55.6 Å². The number of carbonyl (C=O) groups is 1. The van der Waals surface area contributed by atoms with Gasteiger partial charge in [0.15, 0.2) is 0 Å². The summed E-state index contributed by atoms with van der Waals surface area (Å²) in [4.78, 5) is 29.1. The van der Waals surface area contributed by atoms with Crippen LogP contribution in [0.25, 0.3) is 21.1 Å². The van der Waals surface area contributed by atoms with Crippen molar-refractivity contribution in [2.75, 3.05) is 36.4 Å². The number of benzene rings is 2. The summed E-state index contributed by atoms with van der Waals surface area (Å²) >= 11 is 1.68. The number of aryl methyl sites for hydroxylation is 1. The van der Waals surface area contributed by atoms with Gasteiger partial charge in [0.2, 0.25) is 5.91 Å². The maximum Gasteiger partial charge on any atom is 0.226 e. The number of hydrogen-bond donors (Lipinski definition) is 2. The molecule has 2 aromatic carbocycles. The summed E-state index contributed by atoms with van der Waals surface area (Å²) in [6, 6.07) is 16.0. The van der Waals surface area contributed by atoms with Crippen molar-refractivity contribution in [2.24, 2.45) is 5.92 Å². The monoisotopic (exact) mass is 534 g/mol. The van der Waals surface area contributed by atoms with Gasteiger partial charge in [-0.3, -0.25) is 9.89 Å². The summed E-state index contributed by atoms with van der Waals surface area (Å²) in [5.74, 6) is 1.03. The molecule has 1 atom stereocenters. The highest BCUT2D eigenvalue weighted by Gasteiger charge is 2.33. The van der Waals surface area contributed by atoms with Crippen molar-refractivity contribution in [3.8, 4) is 6.07 Å². The fraction of sp³-hybridized carbons (Fsp3) is 0.276. The first-order valence-corrected chi connectivity index (χ1v) is 14.0. The molecule has 1 fully saturated rings. The van der Waals surface area contributed by atoms with Gasteiger partial charge in [0, 0.05) is 48.0 Å². The van der Waals surface area contributed by atoms with Gasteiger partial charge < -0.3 is 15.1 Å². The average Bonchev–Trinajstić information content (AvgIpc) is 3.61. The number of amides is 1. The minimum absolute atomic E-state index is 0.0172. The quantitative estimate of drug-likeness (QED) is 0.345. The SMILES string of the molecule is N#Cc1ccccc1N1CCN(C(=O)[C@H]2CCc3c(sc4ncnc(Nc5ccc6[nH]ncc6c5)c34)C2)CC1. The molecule has 1 aliphatic heterocycles. The Kier molecular flexibility index (Phi) is 5.86. The van der Waals surface area contributed by atoms with E-state index in [1.807, 2.05) is 47.5 Å². The van der Waals surface area contributed by atoms with E-state index in [2.05, 4.69) is 42.5 Å². The third-order valence-corrected chi connectivity index (χ3v) is 9.02. The van der Waals surface area contributed by atoms with E-state index in [0.717, 1.165) is 70.7 Å². The lowest BCUT2D eigenvalue weighted by atomic mass is 9.86. The fourth-order valence-electron chi connectivity index (χ4n) is 5.84. The number of thiophene rings is 1. The molecule has 3 aromatic heterocycles. The van der Waals surface area contributed by atoms with Crippen molar-refractivity contribution in [3.63, 3.8) is 0 Å². The van der Waals surface area contributed by atoms with Crippen molar-refractivity contribution in [1.29, 1.82) is 5.26 Å². The zero-order valence-electron chi connectivity index (χ0n) is 21.2. The maximum atomic E-state index is 13.5. The highest BCUT2D eigenvalue weighted by molar-refractivity contribution is 7.19. The van der Waals surface area contributed by atoms with Crippen LogP contribution in [0.1, 0.15) is 22.4 Å². The molecule has 0 spiro atoms.